The number of hydrogen-bond donors (Lipinski definition) is 5. The third kappa shape index (κ3) is 6.74. The van der Waals surface area contributed by atoms with Crippen LogP contribution >= 0.6 is 0 Å². The SMILES string of the molecule is CCc1[nH]c2ccccc2[n+]1CCC(=O)N[C@@H](CCCCNC(=O)NC)c1ncc(-c2ccc3ccccc3c2)[nH]1. The van der Waals surface area contributed by atoms with Crippen molar-refractivity contribution in [2.24, 2.45) is 0 Å². The van der Waals surface area contributed by atoms with Gasteiger partial charge in [-0.2, -0.15) is 0 Å². The molecular weight excluding hydrogens is 514 g/mol. The number of H-pyrrole nitrogens is 2. The van der Waals surface area contributed by atoms with E-state index in [0.717, 1.165) is 58.6 Å². The maximum atomic E-state index is 13.3. The van der Waals surface area contributed by atoms with E-state index in [9.17, 15) is 9.59 Å². The van der Waals surface area contributed by atoms with Gasteiger partial charge in [0.25, 0.3) is 5.82 Å². The number of fused-ring (bicyclic) bond motifs is 2. The number of amides is 3. The molecule has 41 heavy (non-hydrogen) atoms. The van der Waals surface area contributed by atoms with Gasteiger partial charge in [0, 0.05) is 25.6 Å². The highest BCUT2D eigenvalue weighted by molar-refractivity contribution is 5.86. The first-order chi connectivity index (χ1) is 20.1. The van der Waals surface area contributed by atoms with Gasteiger partial charge in [-0.05, 0) is 48.2 Å². The van der Waals surface area contributed by atoms with Crippen LogP contribution in [0.2, 0.25) is 0 Å². The van der Waals surface area contributed by atoms with Gasteiger partial charge in [0.05, 0.1) is 30.9 Å². The second-order valence-electron chi connectivity index (χ2n) is 10.2. The Morgan fingerprint density at radius 2 is 1.78 bits per heavy atom. The van der Waals surface area contributed by atoms with Crippen molar-refractivity contribution in [1.29, 1.82) is 0 Å². The molecule has 5 rings (SSSR count). The molecular formula is C32H38N7O2+. The van der Waals surface area contributed by atoms with Gasteiger partial charge in [-0.1, -0.05) is 55.5 Å². The lowest BCUT2D eigenvalue weighted by Gasteiger charge is -2.17. The number of hydrogen-bond acceptors (Lipinski definition) is 3. The number of benzene rings is 3. The molecule has 5 aromatic rings. The van der Waals surface area contributed by atoms with Crippen molar-refractivity contribution in [3.63, 3.8) is 0 Å². The molecule has 0 saturated heterocycles. The highest BCUT2D eigenvalue weighted by Crippen LogP contribution is 2.25. The van der Waals surface area contributed by atoms with Crippen molar-refractivity contribution < 1.29 is 14.2 Å². The van der Waals surface area contributed by atoms with Gasteiger partial charge in [-0.15, -0.1) is 0 Å². The highest BCUT2D eigenvalue weighted by atomic mass is 16.2. The Kier molecular flexibility index (Phi) is 8.93. The molecule has 2 aromatic heterocycles. The fourth-order valence-corrected chi connectivity index (χ4v) is 5.26. The molecule has 0 aliphatic carbocycles. The van der Waals surface area contributed by atoms with Crippen molar-refractivity contribution in [2.45, 2.75) is 51.6 Å². The molecule has 5 N–H and O–H groups in total. The summed E-state index contributed by atoms with van der Waals surface area (Å²) in [5.41, 5.74) is 4.13. The fraction of sp³-hybridized carbons (Fsp3) is 0.312. The van der Waals surface area contributed by atoms with Gasteiger partial charge in [-0.25, -0.2) is 19.3 Å². The molecule has 9 nitrogen and oxygen atoms in total. The summed E-state index contributed by atoms with van der Waals surface area (Å²) in [6.07, 6.45) is 5.36. The molecule has 0 bridgehead atoms. The van der Waals surface area contributed by atoms with Gasteiger partial charge in [0.2, 0.25) is 5.91 Å². The second kappa shape index (κ2) is 13.1. The second-order valence-corrected chi connectivity index (χ2v) is 10.2. The van der Waals surface area contributed by atoms with E-state index in [2.05, 4.69) is 84.9 Å². The minimum Gasteiger partial charge on any atom is -0.346 e. The summed E-state index contributed by atoms with van der Waals surface area (Å²) >= 11 is 0. The van der Waals surface area contributed by atoms with Crippen LogP contribution in [0.25, 0.3) is 33.1 Å². The van der Waals surface area contributed by atoms with E-state index in [-0.39, 0.29) is 18.0 Å². The lowest BCUT2D eigenvalue weighted by molar-refractivity contribution is -0.677. The van der Waals surface area contributed by atoms with Crippen LogP contribution in [0.5, 0.6) is 0 Å². The maximum absolute atomic E-state index is 13.3. The van der Waals surface area contributed by atoms with Crippen LogP contribution in [0.15, 0.2) is 72.9 Å². The molecule has 0 radical (unpaired) electrons. The average Bonchev–Trinajstić information content (AvgIpc) is 3.64. The number of unbranched alkanes of at least 4 members (excludes halogenated alkanes) is 1. The molecule has 0 saturated carbocycles. The summed E-state index contributed by atoms with van der Waals surface area (Å²) in [6.45, 7) is 3.26. The summed E-state index contributed by atoms with van der Waals surface area (Å²) < 4.78 is 2.19. The predicted octanol–water partition coefficient (Wildman–Crippen LogP) is 4.91. The van der Waals surface area contributed by atoms with Gasteiger partial charge < -0.3 is 20.9 Å². The molecule has 9 heteroatoms. The number of para-hydroxylation sites is 2. The Labute approximate surface area is 239 Å². The number of rotatable bonds is 12. The summed E-state index contributed by atoms with van der Waals surface area (Å²) in [6, 6.07) is 22.3. The lowest BCUT2D eigenvalue weighted by Crippen LogP contribution is -2.40. The van der Waals surface area contributed by atoms with E-state index in [1.807, 2.05) is 30.5 Å². The van der Waals surface area contributed by atoms with Crippen LogP contribution in [0, 0.1) is 0 Å². The molecule has 3 aromatic carbocycles. The van der Waals surface area contributed by atoms with Crippen LogP contribution in [-0.2, 0) is 17.8 Å². The van der Waals surface area contributed by atoms with Crippen molar-refractivity contribution in [3.05, 3.63) is 84.6 Å². The van der Waals surface area contributed by atoms with Crippen LogP contribution in [0.4, 0.5) is 4.79 Å². The number of imidazole rings is 2. The molecule has 0 aliphatic rings. The van der Waals surface area contributed by atoms with Crippen molar-refractivity contribution in [1.82, 2.24) is 30.9 Å². The third-order valence-electron chi connectivity index (χ3n) is 7.45. The Morgan fingerprint density at radius 3 is 2.61 bits per heavy atom. The van der Waals surface area contributed by atoms with Crippen LogP contribution in [0.1, 0.15) is 50.3 Å². The molecule has 0 fully saturated rings. The zero-order valence-electron chi connectivity index (χ0n) is 23.7. The molecule has 1 atom stereocenters. The first kappa shape index (κ1) is 27.9. The van der Waals surface area contributed by atoms with Gasteiger partial charge in [0.1, 0.15) is 5.82 Å². The highest BCUT2D eigenvalue weighted by Gasteiger charge is 2.21. The third-order valence-corrected chi connectivity index (χ3v) is 7.45. The van der Waals surface area contributed by atoms with Crippen molar-refractivity contribution in [2.75, 3.05) is 13.6 Å². The topological polar surface area (TPSA) is 119 Å². The van der Waals surface area contributed by atoms with Crippen molar-refractivity contribution in [3.8, 4) is 11.3 Å². The maximum Gasteiger partial charge on any atom is 0.314 e. The summed E-state index contributed by atoms with van der Waals surface area (Å²) in [5, 5.41) is 11.0. The molecule has 2 heterocycles. The number of aryl methyl sites for hydroxylation is 2. The van der Waals surface area contributed by atoms with E-state index in [4.69, 9.17) is 0 Å². The van der Waals surface area contributed by atoms with E-state index in [0.29, 0.717) is 25.9 Å². The van der Waals surface area contributed by atoms with Crippen LogP contribution in [0.3, 0.4) is 0 Å². The standard InChI is InChI=1S/C32H37N7O2/c1-3-29-36-25-12-6-7-14-28(25)39(29)19-17-30(40)37-26(13-8-9-18-34-32(41)33-2)31-35-21-27(38-31)24-16-15-22-10-4-5-11-23(22)20-24/h4-7,10-12,14-16,20-21,26H,3,8-9,13,17-19H2,1-2H3,(H4,33,34,35,37,38,40,41)/p+1/t26-/m0/s1. The normalized spacial score (nSPS) is 12.0. The monoisotopic (exact) mass is 552 g/mol. The van der Waals surface area contributed by atoms with Crippen molar-refractivity contribution >= 4 is 33.7 Å². The minimum absolute atomic E-state index is 0.0259. The quantitative estimate of drug-likeness (QED) is 0.112. The Bertz CT molecular complexity index is 1640. The first-order valence-corrected chi connectivity index (χ1v) is 14.3. The van der Waals surface area contributed by atoms with Gasteiger partial charge in [0.15, 0.2) is 11.0 Å². The van der Waals surface area contributed by atoms with Gasteiger partial charge in [-0.3, -0.25) is 4.79 Å². The Morgan fingerprint density at radius 1 is 0.976 bits per heavy atom. The molecule has 3 amide bonds. The lowest BCUT2D eigenvalue weighted by atomic mass is 10.1. The summed E-state index contributed by atoms with van der Waals surface area (Å²) in [4.78, 5) is 36.4. The Hall–Kier alpha value is -4.66. The van der Waals surface area contributed by atoms with E-state index in [1.54, 1.807) is 7.05 Å². The number of nitrogens with zero attached hydrogens (tertiary/aromatic N) is 2. The zero-order chi connectivity index (χ0) is 28.6. The van der Waals surface area contributed by atoms with Crippen LogP contribution < -0.4 is 20.5 Å². The number of carbonyl (C=O) groups excluding carboxylic acids is 2. The number of aromatic nitrogens is 4. The van der Waals surface area contributed by atoms with Crippen LogP contribution in [-0.4, -0.2) is 40.5 Å². The minimum atomic E-state index is -0.268. The smallest absolute Gasteiger partial charge is 0.314 e. The zero-order valence-corrected chi connectivity index (χ0v) is 23.7. The summed E-state index contributed by atoms with van der Waals surface area (Å²) in [7, 11) is 1.60. The summed E-state index contributed by atoms with van der Waals surface area (Å²) in [5.74, 6) is 1.81. The number of aromatic amines is 2. The van der Waals surface area contributed by atoms with E-state index in [1.165, 1.54) is 5.39 Å². The molecule has 0 unspecified atom stereocenters. The van der Waals surface area contributed by atoms with E-state index >= 15 is 0 Å². The van der Waals surface area contributed by atoms with E-state index < -0.39 is 0 Å². The van der Waals surface area contributed by atoms with Gasteiger partial charge >= 0.3 is 6.03 Å². The molecule has 0 spiro atoms. The number of urea groups is 1. The number of carbonyl (C=O) groups is 2. The molecule has 0 aliphatic heterocycles. The first-order valence-electron chi connectivity index (χ1n) is 14.3. The Balaban J connectivity index is 1.29. The fourth-order valence-electron chi connectivity index (χ4n) is 5.26. The average molecular weight is 553 g/mol. The number of nitrogens with one attached hydrogen (secondary N) is 5. The molecule has 212 valence electrons. The largest absolute Gasteiger partial charge is 0.346 e. The predicted molar refractivity (Wildman–Crippen MR) is 161 cm³/mol.